The van der Waals surface area contributed by atoms with Crippen LogP contribution in [0.3, 0.4) is 0 Å². The molecule has 9 heteroatoms. The number of methoxy groups -OCH3 is 1. The zero-order valence-electron chi connectivity index (χ0n) is 19.6. The number of benzene rings is 2. The van der Waals surface area contributed by atoms with Crippen LogP contribution in [0.5, 0.6) is 0 Å². The summed E-state index contributed by atoms with van der Waals surface area (Å²) in [5.74, 6) is -3.07. The number of rotatable bonds is 7. The third-order valence-corrected chi connectivity index (χ3v) is 7.37. The molecule has 2 aromatic carbocycles. The molecule has 2 fully saturated rings. The number of imide groups is 1. The Kier molecular flexibility index (Phi) is 6.69. The van der Waals surface area contributed by atoms with Gasteiger partial charge in [-0.05, 0) is 60.4 Å². The maximum atomic E-state index is 13.8. The zero-order chi connectivity index (χ0) is 24.6. The summed E-state index contributed by atoms with van der Waals surface area (Å²) in [6, 6.07) is 12.3. The van der Waals surface area contributed by atoms with Crippen LogP contribution in [0, 0.1) is 17.7 Å². The Bertz CT molecular complexity index is 1090. The Morgan fingerprint density at radius 3 is 2.32 bits per heavy atom. The quantitative estimate of drug-likeness (QED) is 0.477. The molecule has 2 aromatic rings. The van der Waals surface area contributed by atoms with Crippen molar-refractivity contribution in [1.82, 2.24) is 5.32 Å². The fourth-order valence-electron chi connectivity index (χ4n) is 5.08. The second kappa shape index (κ2) is 9.38. The molecule has 0 radical (unpaired) electrons. The fourth-order valence-corrected chi connectivity index (χ4v) is 5.60. The van der Waals surface area contributed by atoms with Gasteiger partial charge in [-0.2, -0.15) is 11.8 Å². The number of nitrogens with zero attached hydrogens (tertiary/aromatic N) is 2. The van der Waals surface area contributed by atoms with Gasteiger partial charge in [-0.1, -0.05) is 12.1 Å². The second-order valence-corrected chi connectivity index (χ2v) is 9.79. The number of carbonyl (C=O) groups is 3. The van der Waals surface area contributed by atoms with Crippen molar-refractivity contribution in [2.75, 3.05) is 43.0 Å². The number of amides is 2. The van der Waals surface area contributed by atoms with Crippen LogP contribution < -0.4 is 15.1 Å². The molecule has 4 rings (SSSR count). The average Bonchev–Trinajstić information content (AvgIpc) is 3.32. The van der Waals surface area contributed by atoms with E-state index in [2.05, 4.69) is 5.32 Å². The van der Waals surface area contributed by atoms with Gasteiger partial charge >= 0.3 is 5.97 Å². The Balaban J connectivity index is 1.83. The minimum absolute atomic E-state index is 0.288. The smallest absolute Gasteiger partial charge is 0.326 e. The molecule has 0 bridgehead atoms. The highest BCUT2D eigenvalue weighted by Gasteiger charge is 2.68. The van der Waals surface area contributed by atoms with E-state index in [1.165, 1.54) is 31.4 Å². The summed E-state index contributed by atoms with van der Waals surface area (Å²) >= 11 is 1.55. The summed E-state index contributed by atoms with van der Waals surface area (Å²) in [5.41, 5.74) is 0.727. The van der Waals surface area contributed by atoms with Crippen LogP contribution in [-0.4, -0.2) is 56.5 Å². The lowest BCUT2D eigenvalue weighted by atomic mass is 9.78. The number of carbonyl (C=O) groups excluding carboxylic acids is 3. The largest absolute Gasteiger partial charge is 0.468 e. The Labute approximate surface area is 202 Å². The van der Waals surface area contributed by atoms with E-state index in [-0.39, 0.29) is 5.69 Å². The molecular formula is C25H28FN3O4S. The van der Waals surface area contributed by atoms with Crippen molar-refractivity contribution in [2.45, 2.75) is 18.0 Å². The number of halogens is 1. The summed E-state index contributed by atoms with van der Waals surface area (Å²) in [5, 5.41) is 3.37. The van der Waals surface area contributed by atoms with E-state index in [0.29, 0.717) is 12.2 Å². The van der Waals surface area contributed by atoms with E-state index in [0.717, 1.165) is 16.2 Å². The maximum Gasteiger partial charge on any atom is 0.326 e. The number of fused-ring (bicyclic) bond motifs is 1. The molecule has 34 heavy (non-hydrogen) atoms. The molecule has 0 aliphatic carbocycles. The van der Waals surface area contributed by atoms with E-state index in [1.54, 1.807) is 11.8 Å². The van der Waals surface area contributed by atoms with Gasteiger partial charge in [-0.3, -0.25) is 19.7 Å². The Morgan fingerprint density at radius 2 is 1.76 bits per heavy atom. The second-order valence-electron chi connectivity index (χ2n) is 8.81. The summed E-state index contributed by atoms with van der Waals surface area (Å²) in [4.78, 5) is 43.7. The van der Waals surface area contributed by atoms with Crippen LogP contribution in [0.2, 0.25) is 0 Å². The zero-order valence-corrected chi connectivity index (χ0v) is 20.4. The maximum absolute atomic E-state index is 13.8. The first-order valence-electron chi connectivity index (χ1n) is 11.0. The lowest BCUT2D eigenvalue weighted by Gasteiger charge is -2.32. The lowest BCUT2D eigenvalue weighted by Crippen LogP contribution is -2.56. The fraction of sp³-hybridized carbons (Fsp3) is 0.400. The molecule has 180 valence electrons. The van der Waals surface area contributed by atoms with Crippen LogP contribution in [0.15, 0.2) is 48.5 Å². The van der Waals surface area contributed by atoms with Crippen LogP contribution >= 0.6 is 11.8 Å². The van der Waals surface area contributed by atoms with Crippen molar-refractivity contribution in [3.8, 4) is 0 Å². The van der Waals surface area contributed by atoms with E-state index in [9.17, 15) is 18.8 Å². The van der Waals surface area contributed by atoms with E-state index in [4.69, 9.17) is 4.74 Å². The minimum atomic E-state index is -1.35. The first-order chi connectivity index (χ1) is 16.2. The number of nitrogens with one attached hydrogen (secondary N) is 1. The van der Waals surface area contributed by atoms with Crippen LogP contribution in [-0.2, 0) is 19.1 Å². The number of ether oxygens (including phenoxy) is 1. The van der Waals surface area contributed by atoms with Crippen molar-refractivity contribution in [3.63, 3.8) is 0 Å². The van der Waals surface area contributed by atoms with Gasteiger partial charge in [0.25, 0.3) is 0 Å². The van der Waals surface area contributed by atoms with Crippen LogP contribution in [0.25, 0.3) is 0 Å². The third-order valence-electron chi connectivity index (χ3n) is 6.76. The SMILES string of the molecule is COC(=O)[C@@]1(CCSC)N[C@H](c2ccc(N(C)C)cc2)[C@H]2C(=O)N(c3ccc(F)cc3)C(=O)[C@H]21. The molecule has 0 spiro atoms. The molecule has 2 amide bonds. The van der Waals surface area contributed by atoms with E-state index in [1.807, 2.05) is 49.5 Å². The molecule has 7 nitrogen and oxygen atoms in total. The van der Waals surface area contributed by atoms with Gasteiger partial charge in [-0.25, -0.2) is 9.29 Å². The van der Waals surface area contributed by atoms with Gasteiger partial charge < -0.3 is 9.64 Å². The van der Waals surface area contributed by atoms with Crippen molar-refractivity contribution in [1.29, 1.82) is 0 Å². The van der Waals surface area contributed by atoms with Crippen LogP contribution in [0.4, 0.5) is 15.8 Å². The standard InChI is InChI=1S/C25H28FN3O4S/c1-28(2)17-9-5-15(6-10-17)21-19-20(25(27-21,13-14-34-4)24(32)33-3)23(31)29(22(19)30)18-11-7-16(26)8-12-18/h5-12,19-21,27H,13-14H2,1-4H3/t19-,20-,21+,25-/m0/s1. The topological polar surface area (TPSA) is 79.0 Å². The van der Waals surface area contributed by atoms with Gasteiger partial charge in [0.15, 0.2) is 0 Å². The van der Waals surface area contributed by atoms with Gasteiger partial charge in [0.1, 0.15) is 11.4 Å². The highest BCUT2D eigenvalue weighted by atomic mass is 32.2. The van der Waals surface area contributed by atoms with E-state index >= 15 is 0 Å². The van der Waals surface area contributed by atoms with Gasteiger partial charge in [0.05, 0.1) is 24.6 Å². The highest BCUT2D eigenvalue weighted by molar-refractivity contribution is 7.98. The molecular weight excluding hydrogens is 457 g/mol. The van der Waals surface area contributed by atoms with Gasteiger partial charge in [0.2, 0.25) is 11.8 Å². The first-order valence-corrected chi connectivity index (χ1v) is 12.4. The minimum Gasteiger partial charge on any atom is -0.468 e. The summed E-state index contributed by atoms with van der Waals surface area (Å²) in [6.07, 6.45) is 2.24. The molecule has 2 aliphatic rings. The summed E-state index contributed by atoms with van der Waals surface area (Å²) < 4.78 is 18.7. The Hall–Kier alpha value is -2.91. The molecule has 4 atom stereocenters. The van der Waals surface area contributed by atoms with Crippen molar-refractivity contribution < 1.29 is 23.5 Å². The predicted molar refractivity (Wildman–Crippen MR) is 130 cm³/mol. The van der Waals surface area contributed by atoms with E-state index < -0.39 is 47.0 Å². The molecule has 0 saturated carbocycles. The first kappa shape index (κ1) is 24.2. The van der Waals surface area contributed by atoms with Crippen molar-refractivity contribution in [2.24, 2.45) is 11.8 Å². The molecule has 2 saturated heterocycles. The normalized spacial score (nSPS) is 26.0. The molecule has 2 aliphatic heterocycles. The predicted octanol–water partition coefficient (Wildman–Crippen LogP) is 3.01. The number of esters is 1. The molecule has 2 heterocycles. The number of hydrogen-bond donors (Lipinski definition) is 1. The highest BCUT2D eigenvalue weighted by Crippen LogP contribution is 2.51. The number of anilines is 2. The average molecular weight is 486 g/mol. The molecule has 0 aromatic heterocycles. The van der Waals surface area contributed by atoms with Crippen molar-refractivity contribution in [3.05, 3.63) is 59.9 Å². The lowest BCUT2D eigenvalue weighted by molar-refractivity contribution is -0.152. The molecule has 1 N–H and O–H groups in total. The Morgan fingerprint density at radius 1 is 1.12 bits per heavy atom. The van der Waals surface area contributed by atoms with Gasteiger partial charge in [-0.15, -0.1) is 0 Å². The van der Waals surface area contributed by atoms with Crippen molar-refractivity contribution >= 4 is 40.9 Å². The third kappa shape index (κ3) is 3.86. The monoisotopic (exact) mass is 485 g/mol. The van der Waals surface area contributed by atoms with Gasteiger partial charge in [0, 0.05) is 25.8 Å². The number of hydrogen-bond acceptors (Lipinski definition) is 7. The summed E-state index contributed by atoms with van der Waals surface area (Å²) in [6.45, 7) is 0. The molecule has 0 unspecified atom stereocenters. The van der Waals surface area contributed by atoms with Crippen LogP contribution in [0.1, 0.15) is 18.0 Å². The summed E-state index contributed by atoms with van der Waals surface area (Å²) in [7, 11) is 5.16. The number of thioether (sulfide) groups is 1.